The molecule has 0 aromatic heterocycles. The Hall–Kier alpha value is -0.960. The molecule has 1 aliphatic rings. The summed E-state index contributed by atoms with van der Waals surface area (Å²) in [6.07, 6.45) is 1.27. The highest BCUT2D eigenvalue weighted by Gasteiger charge is 2.18. The third-order valence-electron chi connectivity index (χ3n) is 2.17. The quantitative estimate of drug-likeness (QED) is 0.630. The summed E-state index contributed by atoms with van der Waals surface area (Å²) >= 11 is 0. The van der Waals surface area contributed by atoms with Gasteiger partial charge in [0.25, 0.3) is 0 Å². The first-order valence-corrected chi connectivity index (χ1v) is 5.61. The summed E-state index contributed by atoms with van der Waals surface area (Å²) in [7, 11) is -0.974. The second-order valence-corrected chi connectivity index (χ2v) is 4.61. The maximum absolute atomic E-state index is 11.6. The molecule has 0 amide bonds. The van der Waals surface area contributed by atoms with Crippen LogP contribution in [0.1, 0.15) is 23.2 Å². The van der Waals surface area contributed by atoms with Gasteiger partial charge in [-0.2, -0.15) is 0 Å². The third-order valence-corrected chi connectivity index (χ3v) is 3.67. The molecule has 0 radical (unpaired) electrons. The fraction of sp³-hybridized carbons (Fsp3) is 0.300. The molecule has 1 atom stereocenters. The first-order valence-electron chi connectivity index (χ1n) is 4.29. The zero-order valence-corrected chi connectivity index (χ0v) is 7.97. The predicted octanol–water partition coefficient (Wildman–Crippen LogP) is 1.77. The zero-order chi connectivity index (χ0) is 9.26. The van der Waals surface area contributed by atoms with Crippen molar-refractivity contribution < 1.29 is 9.00 Å². The fourth-order valence-corrected chi connectivity index (χ4v) is 2.79. The number of ketones is 1. The Labute approximate surface area is 79.4 Å². The van der Waals surface area contributed by atoms with Gasteiger partial charge in [-0.1, -0.05) is 18.2 Å². The standard InChI is InChI=1S/C10H10O2S/c11-9-5-3-7-13(12)10-6-2-1-4-8(9)10/h1-2,4,6H,3,5,7H2. The maximum Gasteiger partial charge on any atom is 0.164 e. The van der Waals surface area contributed by atoms with Crippen molar-refractivity contribution >= 4 is 16.6 Å². The minimum absolute atomic E-state index is 0.126. The Bertz CT molecular complexity index is 336. The molecule has 0 fully saturated rings. The summed E-state index contributed by atoms with van der Waals surface area (Å²) in [5.74, 6) is 0.740. The first kappa shape index (κ1) is 8.63. The fourth-order valence-electron chi connectivity index (χ4n) is 1.50. The van der Waals surface area contributed by atoms with Crippen LogP contribution in [0.2, 0.25) is 0 Å². The van der Waals surface area contributed by atoms with Crippen molar-refractivity contribution in [2.75, 3.05) is 5.75 Å². The van der Waals surface area contributed by atoms with Crippen LogP contribution < -0.4 is 0 Å². The lowest BCUT2D eigenvalue weighted by atomic mass is 10.1. The van der Waals surface area contributed by atoms with Crippen molar-refractivity contribution in [2.45, 2.75) is 17.7 Å². The molecule has 2 nitrogen and oxygen atoms in total. The van der Waals surface area contributed by atoms with Crippen LogP contribution in [0.4, 0.5) is 0 Å². The molecule has 1 unspecified atom stereocenters. The van der Waals surface area contributed by atoms with Gasteiger partial charge in [-0.25, -0.2) is 0 Å². The summed E-state index contributed by atoms with van der Waals surface area (Å²) in [4.78, 5) is 12.2. The Balaban J connectivity index is 2.57. The Morgan fingerprint density at radius 1 is 1.23 bits per heavy atom. The molecule has 0 N–H and O–H groups in total. The molecular weight excluding hydrogens is 184 g/mol. The first-order chi connectivity index (χ1) is 6.29. The van der Waals surface area contributed by atoms with Crippen molar-refractivity contribution in [2.24, 2.45) is 0 Å². The topological polar surface area (TPSA) is 34.1 Å². The van der Waals surface area contributed by atoms with E-state index < -0.39 is 10.8 Å². The highest BCUT2D eigenvalue weighted by atomic mass is 32.2. The molecule has 0 saturated carbocycles. The number of carbonyl (C=O) groups excluding carboxylic acids is 1. The van der Waals surface area contributed by atoms with Crippen LogP contribution >= 0.6 is 0 Å². The molecule has 13 heavy (non-hydrogen) atoms. The second-order valence-electron chi connectivity index (χ2n) is 3.07. The predicted molar refractivity (Wildman–Crippen MR) is 51.3 cm³/mol. The van der Waals surface area contributed by atoms with Crippen LogP contribution in [-0.2, 0) is 10.8 Å². The van der Waals surface area contributed by atoms with Crippen molar-refractivity contribution in [1.29, 1.82) is 0 Å². The van der Waals surface area contributed by atoms with Gasteiger partial charge in [0.15, 0.2) is 5.78 Å². The van der Waals surface area contributed by atoms with Crippen LogP contribution in [0, 0.1) is 0 Å². The van der Waals surface area contributed by atoms with Crippen LogP contribution in [0.25, 0.3) is 0 Å². The van der Waals surface area contributed by atoms with Crippen molar-refractivity contribution in [3.8, 4) is 0 Å². The van der Waals surface area contributed by atoms with Crippen LogP contribution in [-0.4, -0.2) is 15.7 Å². The largest absolute Gasteiger partial charge is 0.294 e. The van der Waals surface area contributed by atoms with Gasteiger partial charge < -0.3 is 0 Å². The molecule has 0 spiro atoms. The molecule has 1 aliphatic heterocycles. The van der Waals surface area contributed by atoms with Gasteiger partial charge in [-0.05, 0) is 12.5 Å². The van der Waals surface area contributed by atoms with Gasteiger partial charge >= 0.3 is 0 Å². The van der Waals surface area contributed by atoms with E-state index in [9.17, 15) is 9.00 Å². The number of hydrogen-bond acceptors (Lipinski definition) is 2. The van der Waals surface area contributed by atoms with Gasteiger partial charge in [-0.3, -0.25) is 9.00 Å². The van der Waals surface area contributed by atoms with E-state index >= 15 is 0 Å². The van der Waals surface area contributed by atoms with E-state index in [1.54, 1.807) is 12.1 Å². The molecule has 68 valence electrons. The van der Waals surface area contributed by atoms with E-state index in [2.05, 4.69) is 0 Å². The minimum Gasteiger partial charge on any atom is -0.294 e. The van der Waals surface area contributed by atoms with Crippen molar-refractivity contribution in [1.82, 2.24) is 0 Å². The minimum atomic E-state index is -0.974. The summed E-state index contributed by atoms with van der Waals surface area (Å²) in [5.41, 5.74) is 0.651. The summed E-state index contributed by atoms with van der Waals surface area (Å²) in [5, 5.41) is 0. The average Bonchev–Trinajstić information content (AvgIpc) is 2.29. The van der Waals surface area contributed by atoms with Crippen LogP contribution in [0.15, 0.2) is 29.2 Å². The number of carbonyl (C=O) groups is 1. The summed E-state index contributed by atoms with van der Waals surface area (Å²) in [6.45, 7) is 0. The van der Waals surface area contributed by atoms with Gasteiger partial charge in [0.1, 0.15) is 0 Å². The number of fused-ring (bicyclic) bond motifs is 1. The lowest BCUT2D eigenvalue weighted by Gasteiger charge is -2.01. The molecule has 1 heterocycles. The molecule has 2 rings (SSSR count). The van der Waals surface area contributed by atoms with E-state index in [0.717, 1.165) is 6.42 Å². The van der Waals surface area contributed by atoms with E-state index in [0.29, 0.717) is 22.6 Å². The second kappa shape index (κ2) is 3.42. The van der Waals surface area contributed by atoms with E-state index in [1.807, 2.05) is 12.1 Å². The molecule has 0 aliphatic carbocycles. The molecule has 0 saturated heterocycles. The molecule has 0 bridgehead atoms. The molecule has 1 aromatic rings. The summed E-state index contributed by atoms with van der Waals surface area (Å²) < 4.78 is 11.6. The molecule has 1 aromatic carbocycles. The van der Waals surface area contributed by atoms with Crippen LogP contribution in [0.3, 0.4) is 0 Å². The Kier molecular flexibility index (Phi) is 2.27. The normalized spacial score (nSPS) is 22.2. The third kappa shape index (κ3) is 1.56. The lowest BCUT2D eigenvalue weighted by Crippen LogP contribution is -1.99. The highest BCUT2D eigenvalue weighted by molar-refractivity contribution is 7.85. The molecule has 3 heteroatoms. The summed E-state index contributed by atoms with van der Waals surface area (Å²) in [6, 6.07) is 7.20. The number of benzene rings is 1. The number of Topliss-reactive ketones (excluding diaryl/α,β-unsaturated/α-hetero) is 1. The van der Waals surface area contributed by atoms with E-state index in [1.165, 1.54) is 0 Å². The number of hydrogen-bond donors (Lipinski definition) is 0. The van der Waals surface area contributed by atoms with Gasteiger partial charge in [0.2, 0.25) is 0 Å². The SMILES string of the molecule is O=C1CCCS(=O)c2ccccc21. The smallest absolute Gasteiger partial charge is 0.164 e. The van der Waals surface area contributed by atoms with Crippen molar-refractivity contribution in [3.05, 3.63) is 29.8 Å². The highest BCUT2D eigenvalue weighted by Crippen LogP contribution is 2.20. The monoisotopic (exact) mass is 194 g/mol. The Morgan fingerprint density at radius 2 is 2.00 bits per heavy atom. The van der Waals surface area contributed by atoms with E-state index in [4.69, 9.17) is 0 Å². The maximum atomic E-state index is 11.6. The average molecular weight is 194 g/mol. The van der Waals surface area contributed by atoms with Crippen LogP contribution in [0.5, 0.6) is 0 Å². The molecular formula is C10H10O2S. The lowest BCUT2D eigenvalue weighted by molar-refractivity contribution is 0.0980. The van der Waals surface area contributed by atoms with E-state index in [-0.39, 0.29) is 5.78 Å². The van der Waals surface area contributed by atoms with Gasteiger partial charge in [-0.15, -0.1) is 0 Å². The Morgan fingerprint density at radius 3 is 2.85 bits per heavy atom. The van der Waals surface area contributed by atoms with Gasteiger partial charge in [0.05, 0.1) is 10.8 Å². The zero-order valence-electron chi connectivity index (χ0n) is 7.16. The van der Waals surface area contributed by atoms with Gasteiger partial charge in [0, 0.05) is 22.6 Å². The number of rotatable bonds is 0. The van der Waals surface area contributed by atoms with Crippen molar-refractivity contribution in [3.63, 3.8) is 0 Å².